The highest BCUT2D eigenvalue weighted by atomic mass is 16.6. The highest BCUT2D eigenvalue weighted by Crippen LogP contribution is 2.14. The highest BCUT2D eigenvalue weighted by Gasteiger charge is 2.29. The second-order valence-electron chi connectivity index (χ2n) is 9.53. The average molecular weight is 628 g/mol. The fraction of sp³-hybridized carbons (Fsp3) is 0.483. The van der Waals surface area contributed by atoms with Gasteiger partial charge < -0.3 is 29.6 Å². The van der Waals surface area contributed by atoms with Gasteiger partial charge in [0.15, 0.2) is 5.82 Å². The summed E-state index contributed by atoms with van der Waals surface area (Å²) in [4.78, 5) is 59.1. The quantitative estimate of drug-likeness (QED) is 0.135. The first kappa shape index (κ1) is 35.0. The molecule has 0 radical (unpaired) electrons. The van der Waals surface area contributed by atoms with E-state index in [9.17, 15) is 24.0 Å². The number of nitrogens with zero attached hydrogens (tertiary/aromatic N) is 5. The number of rotatable bonds is 21. The van der Waals surface area contributed by atoms with Crippen LogP contribution >= 0.6 is 0 Å². The molecule has 1 aliphatic rings. The second kappa shape index (κ2) is 19.7. The van der Waals surface area contributed by atoms with E-state index in [-0.39, 0.29) is 50.8 Å². The van der Waals surface area contributed by atoms with Crippen molar-refractivity contribution in [1.29, 1.82) is 0 Å². The van der Waals surface area contributed by atoms with Crippen LogP contribution in [-0.2, 0) is 49.5 Å². The Morgan fingerprint density at radius 1 is 0.667 bits per heavy atom. The fourth-order valence-corrected chi connectivity index (χ4v) is 3.71. The highest BCUT2D eigenvalue weighted by molar-refractivity contribution is 6.22. The number of carbonyl (C=O) groups excluding carboxylic acids is 5. The molecule has 242 valence electrons. The molecule has 5 amide bonds. The molecule has 0 spiro atoms. The molecular weight excluding hydrogens is 590 g/mol. The third-order valence-electron chi connectivity index (χ3n) is 6.06. The molecule has 16 heteroatoms. The van der Waals surface area contributed by atoms with Gasteiger partial charge >= 0.3 is 0 Å². The number of amides is 5. The lowest BCUT2D eigenvalue weighted by atomic mass is 10.1. The molecule has 16 nitrogen and oxygen atoms in total. The van der Waals surface area contributed by atoms with Gasteiger partial charge in [-0.05, 0) is 12.5 Å². The number of benzene rings is 1. The molecule has 2 aromatic rings. The van der Waals surface area contributed by atoms with Crippen molar-refractivity contribution in [3.8, 4) is 11.4 Å². The van der Waals surface area contributed by atoms with Crippen LogP contribution in [0.2, 0.25) is 0 Å². The van der Waals surface area contributed by atoms with Crippen LogP contribution < -0.4 is 10.6 Å². The maximum Gasteiger partial charge on any atom is 0.260 e. The maximum absolute atomic E-state index is 12.1. The maximum atomic E-state index is 12.1. The second-order valence-corrected chi connectivity index (χ2v) is 9.53. The van der Waals surface area contributed by atoms with Gasteiger partial charge in [0.05, 0.1) is 52.9 Å². The molecule has 0 fully saturated rings. The van der Waals surface area contributed by atoms with Gasteiger partial charge in [0.2, 0.25) is 23.5 Å². The molecular formula is C29H37N7O9. The minimum absolute atomic E-state index is 0.117. The summed E-state index contributed by atoms with van der Waals surface area (Å²) in [5.41, 5.74) is 1.73. The predicted molar refractivity (Wildman–Crippen MR) is 156 cm³/mol. The summed E-state index contributed by atoms with van der Waals surface area (Å²) in [5, 5.41) is 21.3. The average Bonchev–Trinajstić information content (AvgIpc) is 3.38. The van der Waals surface area contributed by atoms with Crippen LogP contribution in [-0.4, -0.2) is 114 Å². The molecule has 0 saturated heterocycles. The molecule has 1 aromatic carbocycles. The van der Waals surface area contributed by atoms with E-state index in [4.69, 9.17) is 18.9 Å². The zero-order valence-electron chi connectivity index (χ0n) is 25.1. The zero-order valence-corrected chi connectivity index (χ0v) is 25.1. The van der Waals surface area contributed by atoms with Gasteiger partial charge in [-0.3, -0.25) is 24.0 Å². The van der Waals surface area contributed by atoms with Crippen molar-refractivity contribution in [2.24, 2.45) is 0 Å². The number of ether oxygens (including phenoxy) is 4. The third kappa shape index (κ3) is 13.3. The summed E-state index contributed by atoms with van der Waals surface area (Å²) in [6.07, 6.45) is 1.88. The molecule has 0 atom stereocenters. The Balaban J connectivity index is 1.06. The summed E-state index contributed by atoms with van der Waals surface area (Å²) < 4.78 is 21.6. The Bertz CT molecular complexity index is 1290. The van der Waals surface area contributed by atoms with Crippen LogP contribution in [0.3, 0.4) is 0 Å². The van der Waals surface area contributed by atoms with E-state index >= 15 is 0 Å². The molecule has 2 heterocycles. The van der Waals surface area contributed by atoms with Crippen molar-refractivity contribution in [3.05, 3.63) is 47.8 Å². The van der Waals surface area contributed by atoms with Crippen molar-refractivity contribution in [1.82, 2.24) is 35.9 Å². The summed E-state index contributed by atoms with van der Waals surface area (Å²) in [6.45, 7) is 5.06. The number of carbonyl (C=O) groups is 5. The SMILES string of the molecule is Cc1nnc(-c2ccc(CNC(=O)CCOCCOCCOCCOCCNC(=O)CCC(=O)N3C(=O)C=CC3=O)cc2)nn1. The third-order valence-corrected chi connectivity index (χ3v) is 6.06. The molecule has 3 rings (SSSR count). The van der Waals surface area contributed by atoms with Crippen molar-refractivity contribution < 1.29 is 42.9 Å². The molecule has 0 aliphatic carbocycles. The number of nitrogens with one attached hydrogen (secondary N) is 2. The van der Waals surface area contributed by atoms with Crippen molar-refractivity contribution >= 4 is 29.5 Å². The van der Waals surface area contributed by atoms with Gasteiger partial charge in [0.1, 0.15) is 0 Å². The van der Waals surface area contributed by atoms with Crippen molar-refractivity contribution in [3.63, 3.8) is 0 Å². The largest absolute Gasteiger partial charge is 0.379 e. The Morgan fingerprint density at radius 2 is 1.20 bits per heavy atom. The Morgan fingerprint density at radius 3 is 1.80 bits per heavy atom. The van der Waals surface area contributed by atoms with Crippen LogP contribution in [0, 0.1) is 6.92 Å². The number of hydrogen-bond donors (Lipinski definition) is 2. The summed E-state index contributed by atoms with van der Waals surface area (Å²) >= 11 is 0. The van der Waals surface area contributed by atoms with Crippen LogP contribution in [0.15, 0.2) is 36.4 Å². The smallest absolute Gasteiger partial charge is 0.260 e. The van der Waals surface area contributed by atoms with Crippen LogP contribution in [0.1, 0.15) is 30.7 Å². The number of aromatic nitrogens is 4. The van der Waals surface area contributed by atoms with Gasteiger partial charge in [0, 0.05) is 50.1 Å². The topological polar surface area (TPSA) is 201 Å². The normalized spacial score (nSPS) is 12.5. The first-order valence-electron chi connectivity index (χ1n) is 14.4. The molecule has 2 N–H and O–H groups in total. The Kier molecular flexibility index (Phi) is 15.3. The number of hydrogen-bond acceptors (Lipinski definition) is 13. The first-order chi connectivity index (χ1) is 21.8. The van der Waals surface area contributed by atoms with Gasteiger partial charge in [-0.25, -0.2) is 4.90 Å². The van der Waals surface area contributed by atoms with E-state index in [1.165, 1.54) is 0 Å². The first-order valence-corrected chi connectivity index (χ1v) is 14.4. The van der Waals surface area contributed by atoms with E-state index in [0.717, 1.165) is 23.3 Å². The lowest BCUT2D eigenvalue weighted by Gasteiger charge is -2.11. The number of aryl methyl sites for hydroxylation is 1. The fourth-order valence-electron chi connectivity index (χ4n) is 3.71. The van der Waals surface area contributed by atoms with Gasteiger partial charge in [-0.2, -0.15) is 0 Å². The minimum atomic E-state index is -0.711. The van der Waals surface area contributed by atoms with E-state index in [2.05, 4.69) is 31.0 Å². The summed E-state index contributed by atoms with van der Waals surface area (Å²) in [7, 11) is 0. The van der Waals surface area contributed by atoms with Crippen molar-refractivity contribution in [2.45, 2.75) is 32.7 Å². The number of imide groups is 3. The molecule has 45 heavy (non-hydrogen) atoms. The van der Waals surface area contributed by atoms with Crippen LogP contribution in [0.4, 0.5) is 0 Å². The minimum Gasteiger partial charge on any atom is -0.379 e. The van der Waals surface area contributed by atoms with E-state index in [1.54, 1.807) is 6.92 Å². The van der Waals surface area contributed by atoms with Gasteiger partial charge in [0.25, 0.3) is 11.8 Å². The molecule has 0 bridgehead atoms. The molecule has 0 saturated carbocycles. The van der Waals surface area contributed by atoms with Gasteiger partial charge in [-0.1, -0.05) is 24.3 Å². The standard InChI is InChI=1S/C29H37N7O9/c1-21-32-34-29(35-33-21)23-4-2-22(3-5-23)20-31-25(38)10-12-42-14-16-44-18-19-45-17-15-43-13-11-30-24(37)6-7-26(39)36-27(40)8-9-28(36)41/h2-5,8-9H,6-7,10-20H2,1H3,(H,30,37)(H,31,38). The predicted octanol–water partition coefficient (Wildman–Crippen LogP) is -0.337. The van der Waals surface area contributed by atoms with Gasteiger partial charge in [-0.15, -0.1) is 20.4 Å². The molecule has 0 unspecified atom stereocenters. The Hall–Kier alpha value is -4.51. The molecule has 1 aliphatic heterocycles. The van der Waals surface area contributed by atoms with E-state index < -0.39 is 17.7 Å². The van der Waals surface area contributed by atoms with E-state index in [0.29, 0.717) is 62.7 Å². The Labute approximate surface area is 259 Å². The lowest BCUT2D eigenvalue weighted by Crippen LogP contribution is -2.37. The monoisotopic (exact) mass is 627 g/mol. The van der Waals surface area contributed by atoms with Crippen LogP contribution in [0.25, 0.3) is 11.4 Å². The summed E-state index contributed by atoms with van der Waals surface area (Å²) in [5.74, 6) is -1.66. The molecule has 1 aromatic heterocycles. The van der Waals surface area contributed by atoms with Crippen molar-refractivity contribution in [2.75, 3.05) is 59.4 Å². The lowest BCUT2D eigenvalue weighted by molar-refractivity contribution is -0.149. The van der Waals surface area contributed by atoms with Crippen LogP contribution in [0.5, 0.6) is 0 Å². The summed E-state index contributed by atoms with van der Waals surface area (Å²) in [6, 6.07) is 7.47. The zero-order chi connectivity index (χ0) is 32.3. The van der Waals surface area contributed by atoms with E-state index in [1.807, 2.05) is 24.3 Å².